The number of rotatable bonds is 2. The minimum atomic E-state index is -0.687. The lowest BCUT2D eigenvalue weighted by molar-refractivity contribution is 0.705. The van der Waals surface area contributed by atoms with Gasteiger partial charge in [0, 0.05) is 5.69 Å². The number of benzene rings is 1. The molecule has 0 aliphatic heterocycles. The number of aryl methyl sites for hydroxylation is 1. The van der Waals surface area contributed by atoms with Crippen LogP contribution >= 0.6 is 0 Å². The Morgan fingerprint density at radius 3 is 2.35 bits per heavy atom. The van der Waals surface area contributed by atoms with E-state index in [1.54, 1.807) is 0 Å². The predicted molar refractivity (Wildman–Crippen MR) is 67.5 cm³/mol. The van der Waals surface area contributed by atoms with Crippen LogP contribution in [0.1, 0.15) is 23.9 Å². The molecule has 0 saturated carbocycles. The molecule has 1 aromatic heterocycles. The van der Waals surface area contributed by atoms with Gasteiger partial charge in [-0.1, -0.05) is 36.4 Å². The minimum absolute atomic E-state index is 0.687. The summed E-state index contributed by atoms with van der Waals surface area (Å²) in [5.41, 5.74) is 2.01. The molecule has 0 aliphatic carbocycles. The number of nitriles is 1. The molecule has 2 aromatic rings. The van der Waals surface area contributed by atoms with E-state index < -0.39 is 5.41 Å². The summed E-state index contributed by atoms with van der Waals surface area (Å²) in [6.07, 6.45) is 0. The zero-order valence-electron chi connectivity index (χ0n) is 10.0. The van der Waals surface area contributed by atoms with Crippen LogP contribution in [0.4, 0.5) is 0 Å². The third kappa shape index (κ3) is 2.05. The fraction of sp³-hybridized carbons (Fsp3) is 0.200. The largest absolute Gasteiger partial charge is 0.256 e. The van der Waals surface area contributed by atoms with Gasteiger partial charge < -0.3 is 0 Å². The minimum Gasteiger partial charge on any atom is -0.256 e. The topological polar surface area (TPSA) is 36.7 Å². The summed E-state index contributed by atoms with van der Waals surface area (Å²) in [4.78, 5) is 4.47. The lowest BCUT2D eigenvalue weighted by Gasteiger charge is -2.21. The summed E-state index contributed by atoms with van der Waals surface area (Å²) in [6.45, 7) is 3.84. The van der Waals surface area contributed by atoms with Gasteiger partial charge in [0.05, 0.1) is 11.8 Å². The van der Waals surface area contributed by atoms with Gasteiger partial charge in [0.25, 0.3) is 0 Å². The molecule has 1 aromatic carbocycles. The Labute approximate surface area is 102 Å². The fourth-order valence-electron chi connectivity index (χ4n) is 1.86. The van der Waals surface area contributed by atoms with Crippen molar-refractivity contribution in [3.8, 4) is 6.07 Å². The van der Waals surface area contributed by atoms with Crippen LogP contribution in [0.25, 0.3) is 0 Å². The van der Waals surface area contributed by atoms with Crippen molar-refractivity contribution in [2.75, 3.05) is 0 Å². The van der Waals surface area contributed by atoms with Crippen molar-refractivity contribution in [3.05, 3.63) is 65.5 Å². The number of aromatic nitrogens is 1. The molecule has 0 fully saturated rings. The van der Waals surface area contributed by atoms with E-state index in [1.807, 2.05) is 62.4 Å². The summed E-state index contributed by atoms with van der Waals surface area (Å²) in [5.74, 6) is 0. The molecule has 0 spiro atoms. The summed E-state index contributed by atoms with van der Waals surface area (Å²) < 4.78 is 0. The smallest absolute Gasteiger partial charge is 0.121 e. The summed E-state index contributed by atoms with van der Waals surface area (Å²) in [5, 5.41) is 9.49. The van der Waals surface area contributed by atoms with Crippen LogP contribution in [-0.4, -0.2) is 4.98 Å². The fourth-order valence-corrected chi connectivity index (χ4v) is 1.86. The molecule has 0 bridgehead atoms. The van der Waals surface area contributed by atoms with Crippen molar-refractivity contribution in [3.63, 3.8) is 0 Å². The van der Waals surface area contributed by atoms with E-state index in [1.165, 1.54) is 0 Å². The Balaban J connectivity index is 2.57. The highest BCUT2D eigenvalue weighted by molar-refractivity contribution is 5.41. The lowest BCUT2D eigenvalue weighted by atomic mass is 9.80. The highest BCUT2D eigenvalue weighted by atomic mass is 14.7. The summed E-state index contributed by atoms with van der Waals surface area (Å²) in [6, 6.07) is 17.9. The first-order valence-electron chi connectivity index (χ1n) is 5.58. The molecular weight excluding hydrogens is 208 g/mol. The molecule has 84 valence electrons. The van der Waals surface area contributed by atoms with Crippen LogP contribution in [0.3, 0.4) is 0 Å². The van der Waals surface area contributed by atoms with E-state index in [2.05, 4.69) is 11.1 Å². The standard InChI is InChI=1S/C15H14N2/c1-12-7-6-10-14(17-12)15(2,11-16)13-8-4-3-5-9-13/h3-10H,1-2H3. The van der Waals surface area contributed by atoms with Crippen LogP contribution in [0.15, 0.2) is 48.5 Å². The number of pyridine rings is 1. The average Bonchev–Trinajstić information content (AvgIpc) is 2.39. The SMILES string of the molecule is Cc1cccc(C(C)(C#N)c2ccccc2)n1. The highest BCUT2D eigenvalue weighted by Gasteiger charge is 2.30. The first-order chi connectivity index (χ1) is 8.16. The van der Waals surface area contributed by atoms with E-state index in [-0.39, 0.29) is 0 Å². The van der Waals surface area contributed by atoms with Gasteiger partial charge in [0.2, 0.25) is 0 Å². The molecule has 0 radical (unpaired) electrons. The molecule has 2 nitrogen and oxygen atoms in total. The molecule has 1 atom stereocenters. The molecule has 2 heteroatoms. The second kappa shape index (κ2) is 4.39. The third-order valence-electron chi connectivity index (χ3n) is 2.98. The Hall–Kier alpha value is -2.14. The predicted octanol–water partition coefficient (Wildman–Crippen LogP) is 3.22. The van der Waals surface area contributed by atoms with Crippen molar-refractivity contribution >= 4 is 0 Å². The van der Waals surface area contributed by atoms with Crippen LogP contribution < -0.4 is 0 Å². The van der Waals surface area contributed by atoms with Crippen molar-refractivity contribution in [2.45, 2.75) is 19.3 Å². The molecule has 17 heavy (non-hydrogen) atoms. The van der Waals surface area contributed by atoms with Crippen LogP contribution in [-0.2, 0) is 5.41 Å². The maximum Gasteiger partial charge on any atom is 0.121 e. The zero-order chi connectivity index (χ0) is 12.3. The monoisotopic (exact) mass is 222 g/mol. The van der Waals surface area contributed by atoms with Crippen LogP contribution in [0.2, 0.25) is 0 Å². The molecule has 1 unspecified atom stereocenters. The second-order valence-electron chi connectivity index (χ2n) is 4.27. The normalized spacial score (nSPS) is 13.7. The summed E-state index contributed by atoms with van der Waals surface area (Å²) in [7, 11) is 0. The van der Waals surface area contributed by atoms with E-state index in [4.69, 9.17) is 0 Å². The quantitative estimate of drug-likeness (QED) is 0.782. The van der Waals surface area contributed by atoms with Crippen LogP contribution in [0, 0.1) is 18.3 Å². The van der Waals surface area contributed by atoms with E-state index >= 15 is 0 Å². The molecule has 1 heterocycles. The first kappa shape index (κ1) is 11.3. The van der Waals surface area contributed by atoms with Crippen molar-refractivity contribution in [2.24, 2.45) is 0 Å². The van der Waals surface area contributed by atoms with E-state index in [0.29, 0.717) is 0 Å². The number of hydrogen-bond acceptors (Lipinski definition) is 2. The lowest BCUT2D eigenvalue weighted by Crippen LogP contribution is -2.22. The Kier molecular flexibility index (Phi) is 2.93. The zero-order valence-corrected chi connectivity index (χ0v) is 10.0. The van der Waals surface area contributed by atoms with Crippen molar-refractivity contribution < 1.29 is 0 Å². The number of hydrogen-bond donors (Lipinski definition) is 0. The van der Waals surface area contributed by atoms with Crippen molar-refractivity contribution in [1.82, 2.24) is 4.98 Å². The highest BCUT2D eigenvalue weighted by Crippen LogP contribution is 2.29. The molecule has 2 rings (SSSR count). The van der Waals surface area contributed by atoms with E-state index in [9.17, 15) is 5.26 Å². The molecule has 0 N–H and O–H groups in total. The molecular formula is C15H14N2. The Morgan fingerprint density at radius 2 is 1.76 bits per heavy atom. The van der Waals surface area contributed by atoms with Gasteiger partial charge in [-0.15, -0.1) is 0 Å². The maximum absolute atomic E-state index is 9.49. The average molecular weight is 222 g/mol. The van der Waals surface area contributed by atoms with Gasteiger partial charge >= 0.3 is 0 Å². The van der Waals surface area contributed by atoms with Gasteiger partial charge in [-0.3, -0.25) is 4.98 Å². The third-order valence-corrected chi connectivity index (χ3v) is 2.98. The maximum atomic E-state index is 9.49. The first-order valence-corrected chi connectivity index (χ1v) is 5.58. The molecule has 0 aliphatic rings. The Bertz CT molecular complexity index is 555. The van der Waals surface area contributed by atoms with Gasteiger partial charge in [-0.05, 0) is 31.5 Å². The van der Waals surface area contributed by atoms with Gasteiger partial charge in [-0.2, -0.15) is 5.26 Å². The van der Waals surface area contributed by atoms with Crippen LogP contribution in [0.5, 0.6) is 0 Å². The second-order valence-corrected chi connectivity index (χ2v) is 4.27. The summed E-state index contributed by atoms with van der Waals surface area (Å²) >= 11 is 0. The van der Waals surface area contributed by atoms with Gasteiger partial charge in [0.15, 0.2) is 0 Å². The molecule has 0 amide bonds. The number of nitrogens with zero attached hydrogens (tertiary/aromatic N) is 2. The molecule has 0 saturated heterocycles. The van der Waals surface area contributed by atoms with Crippen molar-refractivity contribution in [1.29, 1.82) is 5.26 Å². The van der Waals surface area contributed by atoms with Gasteiger partial charge in [0.1, 0.15) is 5.41 Å². The Morgan fingerprint density at radius 1 is 1.06 bits per heavy atom. The van der Waals surface area contributed by atoms with Gasteiger partial charge in [-0.25, -0.2) is 0 Å². The van der Waals surface area contributed by atoms with E-state index in [0.717, 1.165) is 17.0 Å².